The molecular formula is C68H114O6. The summed E-state index contributed by atoms with van der Waals surface area (Å²) >= 11 is 0. The summed E-state index contributed by atoms with van der Waals surface area (Å²) < 4.78 is 16.8. The van der Waals surface area contributed by atoms with Gasteiger partial charge in [-0.05, 0) is 109 Å². The van der Waals surface area contributed by atoms with Gasteiger partial charge in [0.25, 0.3) is 0 Å². The van der Waals surface area contributed by atoms with E-state index in [-0.39, 0.29) is 37.5 Å². The van der Waals surface area contributed by atoms with Crippen LogP contribution in [0.1, 0.15) is 284 Å². The Hall–Kier alpha value is -3.93. The van der Waals surface area contributed by atoms with Gasteiger partial charge < -0.3 is 14.2 Å². The molecule has 0 aliphatic carbocycles. The van der Waals surface area contributed by atoms with Crippen molar-refractivity contribution in [2.75, 3.05) is 13.2 Å². The lowest BCUT2D eigenvalue weighted by molar-refractivity contribution is -0.166. The highest BCUT2D eigenvalue weighted by atomic mass is 16.6. The molecule has 0 spiro atoms. The zero-order valence-corrected chi connectivity index (χ0v) is 48.3. The summed E-state index contributed by atoms with van der Waals surface area (Å²) in [7, 11) is 0. The fourth-order valence-corrected chi connectivity index (χ4v) is 8.44. The van der Waals surface area contributed by atoms with Crippen LogP contribution in [0.15, 0.2) is 109 Å². The molecule has 0 heterocycles. The SMILES string of the molecule is CC/C=C\C/C=C\C/C=C\C/C=C\CCCCCCCCCCCCCCCCCCC(=O)OCC(COC(=O)CC/C=C\C/C=C\C/C=C\C/C=C\CC)OC(=O)CCCCCCC/C=C\CCCCCCC. The quantitative estimate of drug-likeness (QED) is 0.0261. The highest BCUT2D eigenvalue weighted by molar-refractivity contribution is 5.71. The number of rotatable bonds is 55. The molecule has 0 bridgehead atoms. The maximum Gasteiger partial charge on any atom is 0.306 e. The molecule has 0 amide bonds. The van der Waals surface area contributed by atoms with Gasteiger partial charge in [0.1, 0.15) is 13.2 Å². The summed E-state index contributed by atoms with van der Waals surface area (Å²) in [5.41, 5.74) is 0. The van der Waals surface area contributed by atoms with Crippen LogP contribution in [-0.4, -0.2) is 37.2 Å². The first-order valence-corrected chi connectivity index (χ1v) is 30.9. The second-order valence-corrected chi connectivity index (χ2v) is 20.2. The van der Waals surface area contributed by atoms with Gasteiger partial charge in [0.2, 0.25) is 0 Å². The maximum atomic E-state index is 12.8. The second kappa shape index (κ2) is 61.6. The van der Waals surface area contributed by atoms with Gasteiger partial charge in [-0.25, -0.2) is 0 Å². The molecule has 1 unspecified atom stereocenters. The van der Waals surface area contributed by atoms with Crippen LogP contribution in [0, 0.1) is 0 Å². The summed E-state index contributed by atoms with van der Waals surface area (Å²) in [5, 5.41) is 0. The molecule has 0 saturated carbocycles. The Balaban J connectivity index is 4.25. The summed E-state index contributed by atoms with van der Waals surface area (Å²) in [6.07, 6.45) is 84.0. The largest absolute Gasteiger partial charge is 0.462 e. The number of hydrogen-bond donors (Lipinski definition) is 0. The zero-order valence-electron chi connectivity index (χ0n) is 48.3. The zero-order chi connectivity index (χ0) is 53.6. The van der Waals surface area contributed by atoms with Crippen LogP contribution in [0.5, 0.6) is 0 Å². The van der Waals surface area contributed by atoms with E-state index in [0.29, 0.717) is 19.3 Å². The lowest BCUT2D eigenvalue weighted by Crippen LogP contribution is -2.30. The fraction of sp³-hybridized carbons (Fsp3) is 0.691. The molecule has 0 rings (SSSR count). The van der Waals surface area contributed by atoms with E-state index >= 15 is 0 Å². The first-order valence-electron chi connectivity index (χ1n) is 30.9. The molecule has 0 aromatic rings. The van der Waals surface area contributed by atoms with Crippen LogP contribution in [0.3, 0.4) is 0 Å². The molecule has 0 N–H and O–H groups in total. The average molecular weight is 1030 g/mol. The van der Waals surface area contributed by atoms with E-state index in [2.05, 4.69) is 124 Å². The van der Waals surface area contributed by atoms with E-state index < -0.39 is 6.10 Å². The van der Waals surface area contributed by atoms with Crippen molar-refractivity contribution >= 4 is 17.9 Å². The Labute approximate surface area is 457 Å². The van der Waals surface area contributed by atoms with Crippen molar-refractivity contribution in [1.29, 1.82) is 0 Å². The third kappa shape index (κ3) is 59.0. The summed E-state index contributed by atoms with van der Waals surface area (Å²) in [6.45, 7) is 6.34. The summed E-state index contributed by atoms with van der Waals surface area (Å²) in [5.74, 6) is -0.992. The Morgan fingerprint density at radius 2 is 0.554 bits per heavy atom. The normalized spacial score (nSPS) is 12.9. The minimum atomic E-state index is -0.811. The van der Waals surface area contributed by atoms with Crippen LogP contribution in [0.25, 0.3) is 0 Å². The number of allylic oxidation sites excluding steroid dienone is 18. The molecule has 6 nitrogen and oxygen atoms in total. The Morgan fingerprint density at radius 3 is 0.919 bits per heavy atom. The fourth-order valence-electron chi connectivity index (χ4n) is 8.44. The Bertz CT molecular complexity index is 1510. The number of hydrogen-bond acceptors (Lipinski definition) is 6. The third-order valence-corrected chi connectivity index (χ3v) is 13.0. The smallest absolute Gasteiger partial charge is 0.306 e. The highest BCUT2D eigenvalue weighted by Crippen LogP contribution is 2.16. The number of carbonyl (C=O) groups excluding carboxylic acids is 3. The standard InChI is InChI=1S/C68H114O6/c1-4-7-10-13-16-19-22-25-27-28-29-30-31-32-33-34-35-36-37-38-39-40-41-44-46-49-52-55-58-61-67(70)73-64-65(63-72-66(69)60-57-54-51-48-45-42-24-21-18-15-12-9-6-3)74-68(71)62-59-56-53-50-47-43-26-23-20-17-14-11-8-5-2/h7,9-10,12,16,18-19,21,23,25-27,29-30,42,45,51,54,65H,4-6,8,11,13-15,17,20,22,24,28,31-41,43-44,46-50,52-53,55-64H2,1-3H3/b10-7-,12-9-,19-16-,21-18-,26-23-,27-25-,30-29-,45-42-,54-51-. The van der Waals surface area contributed by atoms with Gasteiger partial charge in [0.15, 0.2) is 6.10 Å². The topological polar surface area (TPSA) is 78.9 Å². The minimum absolute atomic E-state index is 0.102. The average Bonchev–Trinajstić information content (AvgIpc) is 3.40. The monoisotopic (exact) mass is 1030 g/mol. The van der Waals surface area contributed by atoms with E-state index in [1.54, 1.807) is 0 Å². The molecule has 74 heavy (non-hydrogen) atoms. The van der Waals surface area contributed by atoms with Gasteiger partial charge >= 0.3 is 17.9 Å². The van der Waals surface area contributed by atoms with Crippen molar-refractivity contribution in [2.45, 2.75) is 290 Å². The van der Waals surface area contributed by atoms with Crippen molar-refractivity contribution in [2.24, 2.45) is 0 Å². The number of esters is 3. The Kier molecular flexibility index (Phi) is 58.3. The van der Waals surface area contributed by atoms with Crippen LogP contribution in [-0.2, 0) is 28.6 Å². The molecule has 1 atom stereocenters. The van der Waals surface area contributed by atoms with Gasteiger partial charge in [-0.3, -0.25) is 14.4 Å². The van der Waals surface area contributed by atoms with Crippen molar-refractivity contribution < 1.29 is 28.6 Å². The molecule has 0 aliphatic heterocycles. The molecule has 6 heteroatoms. The molecule has 0 aliphatic rings. The van der Waals surface area contributed by atoms with Gasteiger partial charge in [0, 0.05) is 19.3 Å². The van der Waals surface area contributed by atoms with Crippen molar-refractivity contribution in [3.05, 3.63) is 109 Å². The van der Waals surface area contributed by atoms with Gasteiger partial charge in [-0.15, -0.1) is 0 Å². The predicted octanol–water partition coefficient (Wildman–Crippen LogP) is 21.0. The van der Waals surface area contributed by atoms with Gasteiger partial charge in [0.05, 0.1) is 0 Å². The van der Waals surface area contributed by atoms with Crippen LogP contribution >= 0.6 is 0 Å². The van der Waals surface area contributed by atoms with E-state index in [4.69, 9.17) is 14.2 Å². The van der Waals surface area contributed by atoms with Crippen LogP contribution in [0.2, 0.25) is 0 Å². The van der Waals surface area contributed by atoms with Gasteiger partial charge in [-0.1, -0.05) is 265 Å². The lowest BCUT2D eigenvalue weighted by Gasteiger charge is -2.18. The molecular weight excluding hydrogens is 913 g/mol. The van der Waals surface area contributed by atoms with E-state index in [0.717, 1.165) is 103 Å². The maximum absolute atomic E-state index is 12.8. The molecule has 422 valence electrons. The third-order valence-electron chi connectivity index (χ3n) is 13.0. The first-order chi connectivity index (χ1) is 36.5. The first kappa shape index (κ1) is 70.1. The van der Waals surface area contributed by atoms with Crippen molar-refractivity contribution in [3.8, 4) is 0 Å². The van der Waals surface area contributed by atoms with E-state index in [1.807, 2.05) is 6.08 Å². The Morgan fingerprint density at radius 1 is 0.284 bits per heavy atom. The molecule has 0 aromatic heterocycles. The molecule has 0 fully saturated rings. The van der Waals surface area contributed by atoms with Crippen molar-refractivity contribution in [1.82, 2.24) is 0 Å². The number of carbonyl (C=O) groups is 3. The number of ether oxygens (including phenoxy) is 3. The highest BCUT2D eigenvalue weighted by Gasteiger charge is 2.19. The minimum Gasteiger partial charge on any atom is -0.462 e. The predicted molar refractivity (Wildman–Crippen MR) is 320 cm³/mol. The van der Waals surface area contributed by atoms with Crippen LogP contribution in [0.4, 0.5) is 0 Å². The molecule has 0 saturated heterocycles. The van der Waals surface area contributed by atoms with E-state index in [9.17, 15) is 14.4 Å². The van der Waals surface area contributed by atoms with Crippen LogP contribution < -0.4 is 0 Å². The molecule has 0 radical (unpaired) electrons. The summed E-state index contributed by atoms with van der Waals surface area (Å²) in [6, 6.07) is 0. The van der Waals surface area contributed by atoms with E-state index in [1.165, 1.54) is 135 Å². The number of unbranched alkanes of at least 4 members (excludes halogenated alkanes) is 26. The van der Waals surface area contributed by atoms with Crippen molar-refractivity contribution in [3.63, 3.8) is 0 Å². The lowest BCUT2D eigenvalue weighted by atomic mass is 10.0. The summed E-state index contributed by atoms with van der Waals surface area (Å²) in [4.78, 5) is 38.1. The van der Waals surface area contributed by atoms with Gasteiger partial charge in [-0.2, -0.15) is 0 Å². The molecule has 0 aromatic carbocycles. The second-order valence-electron chi connectivity index (χ2n) is 20.2.